The van der Waals surface area contributed by atoms with Crippen molar-refractivity contribution in [2.24, 2.45) is 17.2 Å². The molecule has 0 radical (unpaired) electrons. The zero-order chi connectivity index (χ0) is 16.6. The lowest BCUT2D eigenvalue weighted by molar-refractivity contribution is -0.317. The molecule has 2 aliphatic rings. The van der Waals surface area contributed by atoms with Gasteiger partial charge in [-0.1, -0.05) is 0 Å². The van der Waals surface area contributed by atoms with E-state index in [0.717, 1.165) is 0 Å². The van der Waals surface area contributed by atoms with Crippen LogP contribution in [0.4, 0.5) is 0 Å². The minimum absolute atomic E-state index is 0.575. The zero-order valence-corrected chi connectivity index (χ0v) is 11.7. The summed E-state index contributed by atoms with van der Waals surface area (Å²) in [4.78, 5) is 0. The van der Waals surface area contributed by atoms with E-state index in [1.807, 2.05) is 0 Å². The van der Waals surface area contributed by atoms with Gasteiger partial charge >= 0.3 is 0 Å². The Morgan fingerprint density at radius 1 is 0.818 bits per heavy atom. The Morgan fingerprint density at radius 2 is 1.45 bits per heavy atom. The molecule has 6 unspecified atom stereocenters. The van der Waals surface area contributed by atoms with Gasteiger partial charge in [0.05, 0.1) is 12.6 Å². The summed E-state index contributed by atoms with van der Waals surface area (Å²) in [6.07, 6.45) is -11.7. The molecular weight excluding hydrogens is 302 g/mol. The summed E-state index contributed by atoms with van der Waals surface area (Å²) in [5.41, 5.74) is 16.8. The fourth-order valence-corrected chi connectivity index (χ4v) is 2.46. The van der Waals surface area contributed by atoms with Crippen LogP contribution < -0.4 is 17.2 Å². The van der Waals surface area contributed by atoms with Gasteiger partial charge in [0.25, 0.3) is 0 Å². The van der Waals surface area contributed by atoms with Gasteiger partial charge in [0.2, 0.25) is 0 Å². The van der Waals surface area contributed by atoms with E-state index in [4.69, 9.17) is 36.5 Å². The number of nitrogens with two attached hydrogens (primary N) is 3. The van der Waals surface area contributed by atoms with Crippen molar-refractivity contribution in [3.63, 3.8) is 0 Å². The predicted octanol–water partition coefficient (Wildman–Crippen LogP) is -5.54. The molecule has 11 N–H and O–H groups in total. The summed E-state index contributed by atoms with van der Waals surface area (Å²) in [6.45, 7) is -0.575. The fraction of sp³-hybridized carbons (Fsp3) is 1.00. The molecule has 11 heteroatoms. The summed E-state index contributed by atoms with van der Waals surface area (Å²) < 4.78 is 15.7. The van der Waals surface area contributed by atoms with Gasteiger partial charge in [-0.25, -0.2) is 0 Å². The molecule has 10 atom stereocenters. The zero-order valence-electron chi connectivity index (χ0n) is 11.7. The van der Waals surface area contributed by atoms with Gasteiger partial charge in [0.1, 0.15) is 49.1 Å². The molecule has 2 rings (SSSR count). The summed E-state index contributed by atoms with van der Waals surface area (Å²) in [7, 11) is 0. The van der Waals surface area contributed by atoms with Crippen LogP contribution in [0.1, 0.15) is 0 Å². The Hall–Kier alpha value is -0.440. The first-order valence-electron chi connectivity index (χ1n) is 6.84. The monoisotopic (exact) mass is 325 g/mol. The summed E-state index contributed by atoms with van der Waals surface area (Å²) in [5.74, 6) is 0. The molecule has 0 saturated carbocycles. The predicted molar refractivity (Wildman–Crippen MR) is 69.7 cm³/mol. The Balaban J connectivity index is 2.08. The number of hydrogen-bond donors (Lipinski definition) is 8. The molecule has 11 nitrogen and oxygen atoms in total. The van der Waals surface area contributed by atoms with E-state index < -0.39 is 68.0 Å². The van der Waals surface area contributed by atoms with E-state index in [9.17, 15) is 20.4 Å². The van der Waals surface area contributed by atoms with Gasteiger partial charge in [-0.2, -0.15) is 0 Å². The number of aliphatic hydroxyl groups is 5. The van der Waals surface area contributed by atoms with E-state index in [2.05, 4.69) is 0 Å². The van der Waals surface area contributed by atoms with E-state index in [0.29, 0.717) is 0 Å². The quantitative estimate of drug-likeness (QED) is 0.245. The number of aliphatic hydroxyl groups excluding tert-OH is 5. The molecule has 0 amide bonds. The molecular formula is C11H23N3O8. The third kappa shape index (κ3) is 3.25. The van der Waals surface area contributed by atoms with Gasteiger partial charge in [-0.15, -0.1) is 0 Å². The van der Waals surface area contributed by atoms with E-state index in [1.54, 1.807) is 0 Å². The molecule has 0 aromatic carbocycles. The lowest BCUT2D eigenvalue weighted by atomic mass is 9.97. The van der Waals surface area contributed by atoms with E-state index >= 15 is 0 Å². The second-order valence-corrected chi connectivity index (χ2v) is 5.43. The van der Waals surface area contributed by atoms with Crippen molar-refractivity contribution >= 4 is 0 Å². The van der Waals surface area contributed by atoms with Crippen molar-refractivity contribution in [1.29, 1.82) is 0 Å². The van der Waals surface area contributed by atoms with Gasteiger partial charge in [-0.3, -0.25) is 0 Å². The van der Waals surface area contributed by atoms with Gasteiger partial charge in [0.15, 0.2) is 6.29 Å². The molecule has 22 heavy (non-hydrogen) atoms. The van der Waals surface area contributed by atoms with Crippen LogP contribution in [0.3, 0.4) is 0 Å². The first-order chi connectivity index (χ1) is 10.3. The van der Waals surface area contributed by atoms with Gasteiger partial charge < -0.3 is 56.9 Å². The summed E-state index contributed by atoms with van der Waals surface area (Å²) in [5, 5.41) is 48.3. The standard InChI is InChI=1S/C11H23N3O8/c12-3-5(17)4(16)2(1-15)20-11(3)21-8-6(18)7(19)9(13)22-10(8)14/h2-11,15-19H,1,12-14H2/t2?,3?,4-,5?,6?,7?,8+,9-,10?,11-/m1/s1. The molecule has 0 aromatic heterocycles. The molecule has 130 valence electrons. The van der Waals surface area contributed by atoms with Gasteiger partial charge in [0, 0.05) is 0 Å². The maximum atomic E-state index is 9.96. The smallest absolute Gasteiger partial charge is 0.176 e. The van der Waals surface area contributed by atoms with E-state index in [1.165, 1.54) is 0 Å². The molecule has 2 aliphatic heterocycles. The highest BCUT2D eigenvalue weighted by Gasteiger charge is 2.48. The van der Waals surface area contributed by atoms with Crippen molar-refractivity contribution < 1.29 is 39.7 Å². The maximum Gasteiger partial charge on any atom is 0.176 e. The van der Waals surface area contributed by atoms with Crippen molar-refractivity contribution in [3.05, 3.63) is 0 Å². The van der Waals surface area contributed by atoms with Crippen molar-refractivity contribution in [2.75, 3.05) is 6.61 Å². The van der Waals surface area contributed by atoms with Crippen LogP contribution in [0.2, 0.25) is 0 Å². The lowest BCUT2D eigenvalue weighted by Crippen LogP contribution is -2.67. The average Bonchev–Trinajstić information content (AvgIpc) is 2.49. The van der Waals surface area contributed by atoms with Gasteiger partial charge in [-0.05, 0) is 0 Å². The largest absolute Gasteiger partial charge is 0.394 e. The fourth-order valence-electron chi connectivity index (χ4n) is 2.46. The SMILES string of the molecule is NC1C(O)[C@H](O)C(CO)O[C@@H]1O[C@@H]1C(N)O[C@@H](N)C(O)C1O. The normalized spacial score (nSPS) is 53.5. The van der Waals surface area contributed by atoms with Crippen LogP contribution in [-0.4, -0.2) is 93.6 Å². The molecule has 2 heterocycles. The van der Waals surface area contributed by atoms with Crippen LogP contribution in [0, 0.1) is 0 Å². The second kappa shape index (κ2) is 6.98. The van der Waals surface area contributed by atoms with Crippen LogP contribution in [0.25, 0.3) is 0 Å². The van der Waals surface area contributed by atoms with Crippen LogP contribution in [0.5, 0.6) is 0 Å². The van der Waals surface area contributed by atoms with Crippen LogP contribution in [0.15, 0.2) is 0 Å². The third-order valence-corrected chi connectivity index (χ3v) is 3.88. The number of hydrogen-bond acceptors (Lipinski definition) is 11. The minimum Gasteiger partial charge on any atom is -0.394 e. The molecule has 0 bridgehead atoms. The highest BCUT2D eigenvalue weighted by atomic mass is 16.7. The second-order valence-electron chi connectivity index (χ2n) is 5.43. The first kappa shape index (κ1) is 17.9. The highest BCUT2D eigenvalue weighted by Crippen LogP contribution is 2.26. The first-order valence-corrected chi connectivity index (χ1v) is 6.84. The van der Waals surface area contributed by atoms with Crippen LogP contribution >= 0.6 is 0 Å². The summed E-state index contributed by atoms with van der Waals surface area (Å²) >= 11 is 0. The Labute approximate surface area is 126 Å². The summed E-state index contributed by atoms with van der Waals surface area (Å²) in [6, 6.07) is -1.16. The molecule has 0 aromatic rings. The molecule has 0 spiro atoms. The topological polar surface area (TPSA) is 207 Å². The highest BCUT2D eigenvalue weighted by molar-refractivity contribution is 4.94. The number of rotatable bonds is 3. The van der Waals surface area contributed by atoms with E-state index in [-0.39, 0.29) is 0 Å². The maximum absolute atomic E-state index is 9.96. The average molecular weight is 325 g/mol. The Bertz CT molecular complexity index is 375. The van der Waals surface area contributed by atoms with Crippen LogP contribution in [-0.2, 0) is 14.2 Å². The minimum atomic E-state index is -1.47. The lowest BCUT2D eigenvalue weighted by Gasteiger charge is -2.45. The number of ether oxygens (including phenoxy) is 3. The van der Waals surface area contributed by atoms with Crippen molar-refractivity contribution in [3.8, 4) is 0 Å². The molecule has 2 saturated heterocycles. The van der Waals surface area contributed by atoms with Crippen molar-refractivity contribution in [1.82, 2.24) is 0 Å². The Kier molecular flexibility index (Phi) is 5.68. The Morgan fingerprint density at radius 3 is 2.05 bits per heavy atom. The molecule has 0 aliphatic carbocycles. The molecule has 2 fully saturated rings. The van der Waals surface area contributed by atoms with Crippen molar-refractivity contribution in [2.45, 2.75) is 61.4 Å². The third-order valence-electron chi connectivity index (χ3n) is 3.88.